The van der Waals surface area contributed by atoms with Crippen LogP contribution in [0.2, 0.25) is 0 Å². The zero-order valence-corrected chi connectivity index (χ0v) is 11.7. The third kappa shape index (κ3) is 8.12. The minimum atomic E-state index is 0.728. The van der Waals surface area contributed by atoms with Gasteiger partial charge in [-0.2, -0.15) is 0 Å². The predicted molar refractivity (Wildman–Crippen MR) is 73.7 cm³/mol. The highest BCUT2D eigenvalue weighted by Gasteiger charge is 2.08. The number of hydrogen-bond acceptors (Lipinski definition) is 2. The average Bonchev–Trinajstić information content (AvgIpc) is 2.32. The maximum absolute atomic E-state index is 5.75. The number of nitrogens with zero attached hydrogens (tertiary/aromatic N) is 1. The first kappa shape index (κ1) is 15.9. The summed E-state index contributed by atoms with van der Waals surface area (Å²) in [6, 6.07) is 0. The lowest BCUT2D eigenvalue weighted by Crippen LogP contribution is -2.29. The molecule has 0 aliphatic carbocycles. The molecule has 0 aromatic heterocycles. The van der Waals surface area contributed by atoms with Gasteiger partial charge in [0.05, 0.1) is 0 Å². The van der Waals surface area contributed by atoms with E-state index >= 15 is 0 Å². The van der Waals surface area contributed by atoms with Crippen LogP contribution in [-0.2, 0) is 0 Å². The minimum Gasteiger partial charge on any atom is -0.330 e. The molecule has 2 heteroatoms. The van der Waals surface area contributed by atoms with Crippen molar-refractivity contribution >= 4 is 0 Å². The molecule has 0 bridgehead atoms. The fraction of sp³-hybridized carbons (Fsp3) is 1.00. The Balaban J connectivity index is 3.79. The summed E-state index contributed by atoms with van der Waals surface area (Å²) in [4.78, 5) is 2.63. The Morgan fingerprint density at radius 2 is 1.50 bits per heavy atom. The maximum Gasteiger partial charge on any atom is -0.00156 e. The standard InChI is InChI=1S/C14H32N2/c1-4-7-10-16(11-8-5-2)12-9-14(6-3)13-15/h14H,4-13,15H2,1-3H3. The van der Waals surface area contributed by atoms with Crippen molar-refractivity contribution in [2.75, 3.05) is 26.2 Å². The zero-order chi connectivity index (χ0) is 12.2. The van der Waals surface area contributed by atoms with Gasteiger partial charge in [-0.05, 0) is 51.4 Å². The number of nitrogens with two attached hydrogens (primary N) is 1. The van der Waals surface area contributed by atoms with Gasteiger partial charge in [0.25, 0.3) is 0 Å². The fourth-order valence-corrected chi connectivity index (χ4v) is 1.95. The highest BCUT2D eigenvalue weighted by Crippen LogP contribution is 2.09. The topological polar surface area (TPSA) is 29.3 Å². The SMILES string of the molecule is CCCCN(CCCC)CCC(CC)CN. The van der Waals surface area contributed by atoms with Crippen molar-refractivity contribution in [1.29, 1.82) is 0 Å². The van der Waals surface area contributed by atoms with Crippen LogP contribution >= 0.6 is 0 Å². The van der Waals surface area contributed by atoms with E-state index in [1.165, 1.54) is 58.2 Å². The zero-order valence-electron chi connectivity index (χ0n) is 11.7. The summed E-state index contributed by atoms with van der Waals surface area (Å²) in [7, 11) is 0. The predicted octanol–water partition coefficient (Wildman–Crippen LogP) is 3.26. The second-order valence-electron chi connectivity index (χ2n) is 4.85. The number of hydrogen-bond donors (Lipinski definition) is 1. The molecule has 0 spiro atoms. The molecule has 0 aliphatic rings. The summed E-state index contributed by atoms with van der Waals surface area (Å²) in [5.41, 5.74) is 5.75. The summed E-state index contributed by atoms with van der Waals surface area (Å²) in [5.74, 6) is 0.728. The van der Waals surface area contributed by atoms with Crippen LogP contribution in [-0.4, -0.2) is 31.1 Å². The van der Waals surface area contributed by atoms with Crippen LogP contribution in [0, 0.1) is 5.92 Å². The molecule has 0 saturated carbocycles. The first-order valence-corrected chi connectivity index (χ1v) is 7.20. The first-order chi connectivity index (χ1) is 7.78. The van der Waals surface area contributed by atoms with Crippen LogP contribution in [0.25, 0.3) is 0 Å². The van der Waals surface area contributed by atoms with Crippen molar-refractivity contribution in [3.8, 4) is 0 Å². The van der Waals surface area contributed by atoms with Gasteiger partial charge in [-0.15, -0.1) is 0 Å². The Morgan fingerprint density at radius 3 is 1.88 bits per heavy atom. The average molecular weight is 228 g/mol. The van der Waals surface area contributed by atoms with E-state index in [0.717, 1.165) is 12.5 Å². The van der Waals surface area contributed by atoms with Gasteiger partial charge in [0.1, 0.15) is 0 Å². The van der Waals surface area contributed by atoms with Crippen molar-refractivity contribution in [3.63, 3.8) is 0 Å². The molecule has 0 radical (unpaired) electrons. The Bertz CT molecular complexity index is 125. The van der Waals surface area contributed by atoms with E-state index in [1.54, 1.807) is 0 Å². The van der Waals surface area contributed by atoms with Gasteiger partial charge in [-0.3, -0.25) is 0 Å². The molecule has 0 fully saturated rings. The van der Waals surface area contributed by atoms with Crippen LogP contribution < -0.4 is 5.73 Å². The molecule has 16 heavy (non-hydrogen) atoms. The fourth-order valence-electron chi connectivity index (χ4n) is 1.95. The largest absolute Gasteiger partial charge is 0.330 e. The van der Waals surface area contributed by atoms with Gasteiger partial charge in [0.15, 0.2) is 0 Å². The van der Waals surface area contributed by atoms with Gasteiger partial charge < -0.3 is 10.6 Å². The third-order valence-corrected chi connectivity index (χ3v) is 3.42. The smallest absolute Gasteiger partial charge is 0.00156 e. The Labute approximate surface area is 103 Å². The molecular formula is C14H32N2. The Hall–Kier alpha value is -0.0800. The van der Waals surface area contributed by atoms with E-state index in [2.05, 4.69) is 25.7 Å². The van der Waals surface area contributed by atoms with Crippen LogP contribution in [0.4, 0.5) is 0 Å². The van der Waals surface area contributed by atoms with E-state index in [0.29, 0.717) is 0 Å². The molecule has 0 aromatic rings. The van der Waals surface area contributed by atoms with E-state index in [4.69, 9.17) is 5.73 Å². The van der Waals surface area contributed by atoms with Crippen LogP contribution in [0.15, 0.2) is 0 Å². The van der Waals surface area contributed by atoms with Gasteiger partial charge in [0, 0.05) is 0 Å². The molecule has 0 heterocycles. The second kappa shape index (κ2) is 11.4. The summed E-state index contributed by atoms with van der Waals surface area (Å²) in [5, 5.41) is 0. The van der Waals surface area contributed by atoms with Crippen LogP contribution in [0.3, 0.4) is 0 Å². The molecule has 98 valence electrons. The molecule has 0 rings (SSSR count). The molecule has 0 saturated heterocycles. The monoisotopic (exact) mass is 228 g/mol. The van der Waals surface area contributed by atoms with Gasteiger partial charge in [0.2, 0.25) is 0 Å². The molecular weight excluding hydrogens is 196 g/mol. The van der Waals surface area contributed by atoms with Crippen molar-refractivity contribution in [1.82, 2.24) is 4.90 Å². The van der Waals surface area contributed by atoms with Crippen LogP contribution in [0.1, 0.15) is 59.3 Å². The van der Waals surface area contributed by atoms with Gasteiger partial charge in [-0.1, -0.05) is 40.0 Å². The molecule has 1 atom stereocenters. The van der Waals surface area contributed by atoms with Crippen LogP contribution in [0.5, 0.6) is 0 Å². The Kier molecular flexibility index (Phi) is 11.3. The van der Waals surface area contributed by atoms with Crippen molar-refractivity contribution in [2.45, 2.75) is 59.3 Å². The van der Waals surface area contributed by atoms with E-state index in [1.807, 2.05) is 0 Å². The lowest BCUT2D eigenvalue weighted by atomic mass is 10.0. The van der Waals surface area contributed by atoms with Gasteiger partial charge >= 0.3 is 0 Å². The highest BCUT2D eigenvalue weighted by molar-refractivity contribution is 4.63. The van der Waals surface area contributed by atoms with Crippen molar-refractivity contribution in [2.24, 2.45) is 11.7 Å². The highest BCUT2D eigenvalue weighted by atomic mass is 15.1. The third-order valence-electron chi connectivity index (χ3n) is 3.42. The summed E-state index contributed by atoms with van der Waals surface area (Å²) in [6.45, 7) is 11.4. The second-order valence-corrected chi connectivity index (χ2v) is 4.85. The molecule has 0 amide bonds. The summed E-state index contributed by atoms with van der Waals surface area (Å²) in [6.07, 6.45) is 7.78. The normalized spacial score (nSPS) is 13.3. The molecule has 1 unspecified atom stereocenters. The lowest BCUT2D eigenvalue weighted by molar-refractivity contribution is 0.243. The molecule has 2 nitrogen and oxygen atoms in total. The van der Waals surface area contributed by atoms with Crippen molar-refractivity contribution in [3.05, 3.63) is 0 Å². The van der Waals surface area contributed by atoms with E-state index in [9.17, 15) is 0 Å². The minimum absolute atomic E-state index is 0.728. The van der Waals surface area contributed by atoms with E-state index < -0.39 is 0 Å². The Morgan fingerprint density at radius 1 is 0.938 bits per heavy atom. The molecule has 0 aromatic carbocycles. The molecule has 2 N–H and O–H groups in total. The lowest BCUT2D eigenvalue weighted by Gasteiger charge is -2.24. The maximum atomic E-state index is 5.75. The quantitative estimate of drug-likeness (QED) is 0.588. The van der Waals surface area contributed by atoms with E-state index in [-0.39, 0.29) is 0 Å². The number of rotatable bonds is 11. The van der Waals surface area contributed by atoms with Gasteiger partial charge in [-0.25, -0.2) is 0 Å². The number of unbranched alkanes of at least 4 members (excludes halogenated alkanes) is 2. The summed E-state index contributed by atoms with van der Waals surface area (Å²) < 4.78 is 0. The first-order valence-electron chi connectivity index (χ1n) is 7.20. The molecule has 0 aliphatic heterocycles. The van der Waals surface area contributed by atoms with Crippen molar-refractivity contribution < 1.29 is 0 Å². The summed E-state index contributed by atoms with van der Waals surface area (Å²) >= 11 is 0.